The third-order valence-electron chi connectivity index (χ3n) is 2.79. The lowest BCUT2D eigenvalue weighted by Gasteiger charge is -2.32. The Bertz CT molecular complexity index is 271. The normalized spacial score (nSPS) is 21.5. The van der Waals surface area contributed by atoms with Gasteiger partial charge in [-0.1, -0.05) is 6.92 Å². The third kappa shape index (κ3) is 4.49. The first kappa shape index (κ1) is 12.9. The molecule has 0 aromatic heterocycles. The first-order valence-electron chi connectivity index (χ1n) is 5.70. The van der Waals surface area contributed by atoms with Crippen LogP contribution in [0.3, 0.4) is 0 Å². The van der Waals surface area contributed by atoms with E-state index in [1.807, 2.05) is 13.8 Å². The molecule has 1 fully saturated rings. The van der Waals surface area contributed by atoms with E-state index < -0.39 is 9.84 Å². The van der Waals surface area contributed by atoms with E-state index in [2.05, 4.69) is 10.2 Å². The molecule has 90 valence electrons. The largest absolute Gasteiger partial charge is 0.314 e. The molecule has 1 unspecified atom stereocenters. The number of rotatable bonds is 5. The van der Waals surface area contributed by atoms with Gasteiger partial charge in [-0.05, 0) is 13.3 Å². The van der Waals surface area contributed by atoms with E-state index in [4.69, 9.17) is 0 Å². The van der Waals surface area contributed by atoms with Crippen LogP contribution in [-0.4, -0.2) is 57.0 Å². The zero-order valence-electron chi connectivity index (χ0n) is 9.70. The maximum Gasteiger partial charge on any atom is 0.151 e. The summed E-state index contributed by atoms with van der Waals surface area (Å²) in [4.78, 5) is 2.25. The van der Waals surface area contributed by atoms with E-state index in [1.54, 1.807) is 0 Å². The minimum absolute atomic E-state index is 0.156. The molecule has 1 atom stereocenters. The van der Waals surface area contributed by atoms with Gasteiger partial charge in [0, 0.05) is 38.0 Å². The van der Waals surface area contributed by atoms with Crippen LogP contribution in [0.4, 0.5) is 0 Å². The standard InChI is InChI=1S/C10H22N2O2S/c1-3-8-15(13,14)9-10(2)12-6-4-11-5-7-12/h10-11H,3-9H2,1-2H3. The zero-order chi connectivity index (χ0) is 11.3. The van der Waals surface area contributed by atoms with Crippen LogP contribution in [0.5, 0.6) is 0 Å². The van der Waals surface area contributed by atoms with Gasteiger partial charge in [-0.2, -0.15) is 0 Å². The number of nitrogens with zero attached hydrogens (tertiary/aromatic N) is 1. The molecule has 1 aliphatic rings. The first-order chi connectivity index (χ1) is 7.05. The van der Waals surface area contributed by atoms with Crippen molar-refractivity contribution in [2.45, 2.75) is 26.3 Å². The molecular formula is C10H22N2O2S. The summed E-state index contributed by atoms with van der Waals surface area (Å²) in [5, 5.41) is 3.27. The number of nitrogens with one attached hydrogen (secondary N) is 1. The minimum atomic E-state index is -2.84. The number of sulfone groups is 1. The summed E-state index contributed by atoms with van der Waals surface area (Å²) in [5.41, 5.74) is 0. The van der Waals surface area contributed by atoms with Crippen LogP contribution >= 0.6 is 0 Å². The molecule has 5 heteroatoms. The van der Waals surface area contributed by atoms with E-state index in [9.17, 15) is 8.42 Å². The van der Waals surface area contributed by atoms with Gasteiger partial charge in [0.1, 0.15) is 0 Å². The first-order valence-corrected chi connectivity index (χ1v) is 7.52. The molecule has 1 heterocycles. The Morgan fingerprint density at radius 2 is 1.93 bits per heavy atom. The average Bonchev–Trinajstić information content (AvgIpc) is 2.18. The summed E-state index contributed by atoms with van der Waals surface area (Å²) < 4.78 is 23.3. The van der Waals surface area contributed by atoms with Crippen molar-refractivity contribution in [3.05, 3.63) is 0 Å². The number of hydrogen-bond donors (Lipinski definition) is 1. The molecule has 1 N–H and O–H groups in total. The van der Waals surface area contributed by atoms with Crippen LogP contribution in [0.25, 0.3) is 0 Å². The van der Waals surface area contributed by atoms with Crippen molar-refractivity contribution in [3.8, 4) is 0 Å². The molecule has 0 bridgehead atoms. The number of hydrogen-bond acceptors (Lipinski definition) is 4. The van der Waals surface area contributed by atoms with Crippen LogP contribution < -0.4 is 5.32 Å². The SMILES string of the molecule is CCCS(=O)(=O)CC(C)N1CCNCC1. The minimum Gasteiger partial charge on any atom is -0.314 e. The summed E-state index contributed by atoms with van der Waals surface area (Å²) in [5.74, 6) is 0.629. The molecule has 4 nitrogen and oxygen atoms in total. The predicted octanol–water partition coefficient (Wildman–Crippen LogP) is 0.105. The highest BCUT2D eigenvalue weighted by molar-refractivity contribution is 7.91. The summed E-state index contributed by atoms with van der Waals surface area (Å²) in [6.45, 7) is 7.79. The van der Waals surface area contributed by atoms with Crippen molar-refractivity contribution in [3.63, 3.8) is 0 Å². The Balaban J connectivity index is 2.43. The molecule has 0 spiro atoms. The molecule has 0 aromatic rings. The fraction of sp³-hybridized carbons (Fsp3) is 1.00. The Morgan fingerprint density at radius 3 is 2.47 bits per heavy atom. The molecular weight excluding hydrogens is 212 g/mol. The molecule has 1 rings (SSSR count). The van der Waals surface area contributed by atoms with Crippen LogP contribution in [0.2, 0.25) is 0 Å². The summed E-state index contributed by atoms with van der Waals surface area (Å²) >= 11 is 0. The van der Waals surface area contributed by atoms with Gasteiger partial charge < -0.3 is 5.32 Å². The third-order valence-corrected chi connectivity index (χ3v) is 4.81. The average molecular weight is 234 g/mol. The molecule has 0 aromatic carbocycles. The fourth-order valence-corrected chi connectivity index (χ4v) is 3.72. The van der Waals surface area contributed by atoms with Crippen LogP contribution in [0.15, 0.2) is 0 Å². The van der Waals surface area contributed by atoms with Crippen LogP contribution in [-0.2, 0) is 9.84 Å². The van der Waals surface area contributed by atoms with Gasteiger partial charge in [-0.3, -0.25) is 4.90 Å². The molecule has 0 amide bonds. The van der Waals surface area contributed by atoms with Gasteiger partial charge in [-0.25, -0.2) is 8.42 Å². The Labute approximate surface area is 93.0 Å². The zero-order valence-corrected chi connectivity index (χ0v) is 10.5. The van der Waals surface area contributed by atoms with Gasteiger partial charge in [0.2, 0.25) is 0 Å². The van der Waals surface area contributed by atoms with Crippen molar-refractivity contribution >= 4 is 9.84 Å². The second kappa shape index (κ2) is 5.82. The van der Waals surface area contributed by atoms with E-state index >= 15 is 0 Å². The summed E-state index contributed by atoms with van der Waals surface area (Å²) in [6, 6.07) is 0.156. The van der Waals surface area contributed by atoms with Crippen molar-refractivity contribution in [2.24, 2.45) is 0 Å². The van der Waals surface area contributed by atoms with E-state index in [0.717, 1.165) is 32.6 Å². The van der Waals surface area contributed by atoms with Gasteiger partial charge >= 0.3 is 0 Å². The summed E-state index contributed by atoms with van der Waals surface area (Å²) in [7, 11) is -2.84. The maximum atomic E-state index is 11.6. The van der Waals surface area contributed by atoms with Crippen molar-refractivity contribution < 1.29 is 8.42 Å². The lowest BCUT2D eigenvalue weighted by atomic mass is 10.3. The Kier molecular flexibility index (Phi) is 5.02. The van der Waals surface area contributed by atoms with Gasteiger partial charge in [-0.15, -0.1) is 0 Å². The highest BCUT2D eigenvalue weighted by atomic mass is 32.2. The van der Waals surface area contributed by atoms with Crippen LogP contribution in [0.1, 0.15) is 20.3 Å². The highest BCUT2D eigenvalue weighted by Crippen LogP contribution is 2.05. The second-order valence-corrected chi connectivity index (χ2v) is 6.48. The van der Waals surface area contributed by atoms with Crippen molar-refractivity contribution in [2.75, 3.05) is 37.7 Å². The van der Waals surface area contributed by atoms with E-state index in [1.165, 1.54) is 0 Å². The van der Waals surface area contributed by atoms with Gasteiger partial charge in [0.05, 0.1) is 5.75 Å². The molecule has 0 aliphatic carbocycles. The molecule has 0 saturated carbocycles. The molecule has 0 radical (unpaired) electrons. The van der Waals surface area contributed by atoms with Crippen molar-refractivity contribution in [1.82, 2.24) is 10.2 Å². The van der Waals surface area contributed by atoms with Crippen LogP contribution in [0, 0.1) is 0 Å². The van der Waals surface area contributed by atoms with Gasteiger partial charge in [0.25, 0.3) is 0 Å². The monoisotopic (exact) mass is 234 g/mol. The van der Waals surface area contributed by atoms with E-state index in [0.29, 0.717) is 11.5 Å². The number of piperazine rings is 1. The molecule has 1 saturated heterocycles. The second-order valence-electron chi connectivity index (χ2n) is 4.25. The summed E-state index contributed by atoms with van der Waals surface area (Å²) in [6.07, 6.45) is 0.719. The van der Waals surface area contributed by atoms with Gasteiger partial charge in [0.15, 0.2) is 9.84 Å². The quantitative estimate of drug-likeness (QED) is 0.733. The lowest BCUT2D eigenvalue weighted by Crippen LogP contribution is -2.49. The Morgan fingerprint density at radius 1 is 1.33 bits per heavy atom. The lowest BCUT2D eigenvalue weighted by molar-refractivity contribution is 0.197. The molecule has 1 aliphatic heterocycles. The molecule has 15 heavy (non-hydrogen) atoms. The van der Waals surface area contributed by atoms with Crippen molar-refractivity contribution in [1.29, 1.82) is 0 Å². The maximum absolute atomic E-state index is 11.6. The predicted molar refractivity (Wildman–Crippen MR) is 62.8 cm³/mol. The fourth-order valence-electron chi connectivity index (χ4n) is 1.99. The topological polar surface area (TPSA) is 49.4 Å². The Hall–Kier alpha value is -0.130. The smallest absolute Gasteiger partial charge is 0.151 e. The highest BCUT2D eigenvalue weighted by Gasteiger charge is 2.21. The van der Waals surface area contributed by atoms with E-state index in [-0.39, 0.29) is 6.04 Å².